The molecule has 0 bridgehead atoms. The fraction of sp³-hybridized carbons (Fsp3) is 0.286. The maximum Gasteiger partial charge on any atom is 0.282 e. The molecule has 0 saturated heterocycles. The molecule has 0 radical (unpaired) electrons. The van der Waals surface area contributed by atoms with Crippen molar-refractivity contribution in [3.05, 3.63) is 32.0 Å². The number of nitrogens with two attached hydrogens (primary N) is 1. The highest BCUT2D eigenvalue weighted by molar-refractivity contribution is 9.10. The Hall–Kier alpha value is -1.15. The number of nitrogens with zero attached hydrogens (tertiary/aromatic N) is 2. The lowest BCUT2D eigenvalue weighted by Gasteiger charge is -2.07. The summed E-state index contributed by atoms with van der Waals surface area (Å²) >= 11 is 2.89. The largest absolute Gasteiger partial charge is 0.325 e. The molecule has 0 aromatic carbocycles. The summed E-state index contributed by atoms with van der Waals surface area (Å²) in [6.45, 7) is -0.278. The summed E-state index contributed by atoms with van der Waals surface area (Å²) in [4.78, 5) is 13.3. The van der Waals surface area contributed by atoms with Crippen LogP contribution in [0, 0.1) is 10.1 Å². The van der Waals surface area contributed by atoms with Crippen molar-refractivity contribution < 1.29 is 13.7 Å². The third-order valence-electron chi connectivity index (χ3n) is 1.69. The van der Waals surface area contributed by atoms with E-state index in [1.54, 1.807) is 0 Å². The maximum absolute atomic E-state index is 12.6. The molecule has 0 atom stereocenters. The highest BCUT2D eigenvalue weighted by atomic mass is 79.9. The number of rotatable bonds is 3. The van der Waals surface area contributed by atoms with Crippen molar-refractivity contribution in [1.29, 1.82) is 0 Å². The summed E-state index contributed by atoms with van der Waals surface area (Å²) in [5.41, 5.74) is 3.62. The average molecular weight is 282 g/mol. The van der Waals surface area contributed by atoms with E-state index in [2.05, 4.69) is 20.9 Å². The van der Waals surface area contributed by atoms with Crippen molar-refractivity contribution in [3.63, 3.8) is 0 Å². The molecule has 1 aromatic heterocycles. The third-order valence-corrected chi connectivity index (χ3v) is 2.10. The molecule has 0 spiro atoms. The molecule has 0 amide bonds. The molecule has 1 aromatic rings. The standard InChI is InChI=1S/C7H6BrF2N3O2/c8-5-1-4(13(14)15)6(7(9)10)3(2-11)12-5/h1,7H,2,11H2. The van der Waals surface area contributed by atoms with E-state index in [1.807, 2.05) is 0 Å². The molecule has 0 aliphatic carbocycles. The first-order valence-electron chi connectivity index (χ1n) is 3.79. The van der Waals surface area contributed by atoms with E-state index in [0.29, 0.717) is 0 Å². The van der Waals surface area contributed by atoms with E-state index in [0.717, 1.165) is 6.07 Å². The van der Waals surface area contributed by atoms with E-state index in [4.69, 9.17) is 5.73 Å². The van der Waals surface area contributed by atoms with Gasteiger partial charge >= 0.3 is 0 Å². The van der Waals surface area contributed by atoms with E-state index in [-0.39, 0.29) is 16.8 Å². The first-order valence-corrected chi connectivity index (χ1v) is 4.58. The molecule has 82 valence electrons. The summed E-state index contributed by atoms with van der Waals surface area (Å²) in [7, 11) is 0. The van der Waals surface area contributed by atoms with E-state index in [9.17, 15) is 18.9 Å². The summed E-state index contributed by atoms with van der Waals surface area (Å²) < 4.78 is 25.2. The number of halogens is 3. The Morgan fingerprint density at radius 2 is 2.27 bits per heavy atom. The summed E-state index contributed by atoms with van der Waals surface area (Å²) in [5, 5.41) is 10.5. The summed E-state index contributed by atoms with van der Waals surface area (Å²) in [5.74, 6) is 0. The van der Waals surface area contributed by atoms with Crippen LogP contribution in [0.4, 0.5) is 14.5 Å². The SMILES string of the molecule is NCc1nc(Br)cc([N+](=O)[O-])c1C(F)F. The zero-order valence-electron chi connectivity index (χ0n) is 7.28. The number of pyridine rings is 1. The number of hydrogen-bond donors (Lipinski definition) is 1. The van der Waals surface area contributed by atoms with Gasteiger partial charge < -0.3 is 5.73 Å². The highest BCUT2D eigenvalue weighted by Crippen LogP contribution is 2.32. The van der Waals surface area contributed by atoms with Crippen LogP contribution in [-0.2, 0) is 6.54 Å². The lowest BCUT2D eigenvalue weighted by molar-refractivity contribution is -0.386. The van der Waals surface area contributed by atoms with Crippen LogP contribution in [0.1, 0.15) is 17.7 Å². The van der Waals surface area contributed by atoms with Crippen molar-refractivity contribution in [3.8, 4) is 0 Å². The van der Waals surface area contributed by atoms with Crippen LogP contribution in [0.5, 0.6) is 0 Å². The fourth-order valence-corrected chi connectivity index (χ4v) is 1.54. The zero-order chi connectivity index (χ0) is 11.6. The summed E-state index contributed by atoms with van der Waals surface area (Å²) in [6, 6.07) is 0.931. The first-order chi connectivity index (χ1) is 6.97. The van der Waals surface area contributed by atoms with Gasteiger partial charge in [0.1, 0.15) is 10.2 Å². The predicted octanol–water partition coefficient (Wildman–Crippen LogP) is 2.15. The Morgan fingerprint density at radius 1 is 1.67 bits per heavy atom. The lowest BCUT2D eigenvalue weighted by Crippen LogP contribution is -2.08. The molecule has 1 heterocycles. The number of hydrogen-bond acceptors (Lipinski definition) is 4. The van der Waals surface area contributed by atoms with Crippen LogP contribution in [0.3, 0.4) is 0 Å². The van der Waals surface area contributed by atoms with Gasteiger partial charge in [-0.1, -0.05) is 0 Å². The van der Waals surface area contributed by atoms with E-state index < -0.39 is 22.6 Å². The van der Waals surface area contributed by atoms with Crippen LogP contribution >= 0.6 is 15.9 Å². The Kier molecular flexibility index (Phi) is 3.64. The minimum absolute atomic E-state index is 0.110. The van der Waals surface area contributed by atoms with Crippen LogP contribution in [-0.4, -0.2) is 9.91 Å². The molecule has 15 heavy (non-hydrogen) atoms. The molecule has 8 heteroatoms. The molecular formula is C7H6BrF2N3O2. The van der Waals surface area contributed by atoms with Gasteiger partial charge in [-0.05, 0) is 15.9 Å². The number of aromatic nitrogens is 1. The van der Waals surface area contributed by atoms with Crippen LogP contribution in [0.2, 0.25) is 0 Å². The number of nitro groups is 1. The normalized spacial score (nSPS) is 10.7. The molecule has 2 N–H and O–H groups in total. The van der Waals surface area contributed by atoms with Crippen LogP contribution in [0.25, 0.3) is 0 Å². The molecule has 0 fully saturated rings. The molecule has 0 unspecified atom stereocenters. The second kappa shape index (κ2) is 4.58. The Labute approximate surface area is 91.6 Å². The van der Waals surface area contributed by atoms with Gasteiger partial charge in [0, 0.05) is 12.6 Å². The van der Waals surface area contributed by atoms with E-state index >= 15 is 0 Å². The van der Waals surface area contributed by atoms with Gasteiger partial charge in [-0.15, -0.1) is 0 Å². The Balaban J connectivity index is 3.47. The molecule has 1 rings (SSSR count). The lowest BCUT2D eigenvalue weighted by atomic mass is 10.1. The smallest absolute Gasteiger partial charge is 0.282 e. The van der Waals surface area contributed by atoms with Crippen molar-refractivity contribution in [2.45, 2.75) is 13.0 Å². The minimum atomic E-state index is -2.97. The zero-order valence-corrected chi connectivity index (χ0v) is 8.87. The summed E-state index contributed by atoms with van der Waals surface area (Å²) in [6.07, 6.45) is -2.97. The number of alkyl halides is 2. The van der Waals surface area contributed by atoms with E-state index in [1.165, 1.54) is 0 Å². The maximum atomic E-state index is 12.6. The predicted molar refractivity (Wildman–Crippen MR) is 51.4 cm³/mol. The van der Waals surface area contributed by atoms with Crippen LogP contribution in [0.15, 0.2) is 10.7 Å². The van der Waals surface area contributed by atoms with Crippen molar-refractivity contribution in [1.82, 2.24) is 4.98 Å². The molecular weight excluding hydrogens is 276 g/mol. The van der Waals surface area contributed by atoms with Gasteiger partial charge in [-0.3, -0.25) is 10.1 Å². The fourth-order valence-electron chi connectivity index (χ4n) is 1.10. The van der Waals surface area contributed by atoms with Gasteiger partial charge in [0.2, 0.25) is 0 Å². The topological polar surface area (TPSA) is 82.0 Å². The first kappa shape index (κ1) is 11.9. The Morgan fingerprint density at radius 3 is 2.67 bits per heavy atom. The minimum Gasteiger partial charge on any atom is -0.325 e. The second-order valence-corrected chi connectivity index (χ2v) is 3.40. The highest BCUT2D eigenvalue weighted by Gasteiger charge is 2.26. The van der Waals surface area contributed by atoms with Crippen molar-refractivity contribution >= 4 is 21.6 Å². The van der Waals surface area contributed by atoms with Crippen molar-refractivity contribution in [2.75, 3.05) is 0 Å². The third kappa shape index (κ3) is 2.45. The van der Waals surface area contributed by atoms with Gasteiger partial charge in [0.05, 0.1) is 10.6 Å². The van der Waals surface area contributed by atoms with Gasteiger partial charge in [-0.25, -0.2) is 13.8 Å². The van der Waals surface area contributed by atoms with Crippen molar-refractivity contribution in [2.24, 2.45) is 5.73 Å². The van der Waals surface area contributed by atoms with Gasteiger partial charge in [0.25, 0.3) is 12.1 Å². The molecule has 0 saturated carbocycles. The molecule has 0 aliphatic heterocycles. The Bertz CT molecular complexity index is 400. The van der Waals surface area contributed by atoms with Gasteiger partial charge in [-0.2, -0.15) is 0 Å². The second-order valence-electron chi connectivity index (χ2n) is 2.59. The van der Waals surface area contributed by atoms with Crippen LogP contribution < -0.4 is 5.73 Å². The molecule has 5 nitrogen and oxygen atoms in total. The monoisotopic (exact) mass is 281 g/mol. The quantitative estimate of drug-likeness (QED) is 0.523. The average Bonchev–Trinajstić information content (AvgIpc) is 2.15. The molecule has 0 aliphatic rings. The van der Waals surface area contributed by atoms with Gasteiger partial charge in [0.15, 0.2) is 0 Å².